The summed E-state index contributed by atoms with van der Waals surface area (Å²) < 4.78 is 0. The molecule has 1 aliphatic rings. The number of aliphatic carboxylic acids is 2. The average molecular weight is 514 g/mol. The van der Waals surface area contributed by atoms with Gasteiger partial charge in [0, 0.05) is 55.3 Å². The van der Waals surface area contributed by atoms with Gasteiger partial charge in [0.2, 0.25) is 0 Å². The first kappa shape index (κ1) is 26.6. The molecular formula is C26H28ClN3O4S. The number of hydrogen-bond acceptors (Lipinski definition) is 6. The van der Waals surface area contributed by atoms with Gasteiger partial charge in [-0.15, -0.1) is 11.3 Å². The molecule has 184 valence electrons. The van der Waals surface area contributed by atoms with Gasteiger partial charge in [0.25, 0.3) is 0 Å². The fraction of sp³-hybridized carbons (Fsp3) is 0.269. The molecule has 1 unspecified atom stereocenters. The molecule has 1 aliphatic heterocycles. The Bertz CT molecular complexity index is 1110. The van der Waals surface area contributed by atoms with Gasteiger partial charge in [-0.25, -0.2) is 14.6 Å². The van der Waals surface area contributed by atoms with Crippen LogP contribution in [0.1, 0.15) is 27.9 Å². The standard InChI is InChI=1S/C22H24ClN3S.C4H4O4/c1-17-24-21(16-27-17)15-25-11-13-26(14-12-25)22(18-5-3-2-4-6-18)19-7-9-20(23)10-8-19;5-3(6)1-2-4(7)8/h2-10,16,22H,11-15H2,1H3;1-2H,(H,5,6)(H,7,8)/b;2-1+. The molecule has 4 rings (SSSR count). The second-order valence-corrected chi connectivity index (χ2v) is 9.54. The van der Waals surface area contributed by atoms with Crippen LogP contribution in [0.3, 0.4) is 0 Å². The second-order valence-electron chi connectivity index (χ2n) is 8.04. The maximum Gasteiger partial charge on any atom is 0.328 e. The molecule has 3 aromatic rings. The highest BCUT2D eigenvalue weighted by Crippen LogP contribution is 2.30. The molecule has 9 heteroatoms. The zero-order valence-electron chi connectivity index (χ0n) is 19.4. The summed E-state index contributed by atoms with van der Waals surface area (Å²) in [5.41, 5.74) is 3.83. The normalized spacial score (nSPS) is 15.4. The predicted molar refractivity (Wildman–Crippen MR) is 138 cm³/mol. The Morgan fingerprint density at radius 3 is 2.06 bits per heavy atom. The molecule has 0 amide bonds. The number of carboxylic acid groups (broad SMARTS) is 2. The highest BCUT2D eigenvalue weighted by Gasteiger charge is 2.26. The summed E-state index contributed by atoms with van der Waals surface area (Å²) in [6.45, 7) is 7.25. The monoisotopic (exact) mass is 513 g/mol. The molecule has 1 atom stereocenters. The van der Waals surface area contributed by atoms with Gasteiger partial charge >= 0.3 is 11.9 Å². The Kier molecular flexibility index (Phi) is 9.98. The summed E-state index contributed by atoms with van der Waals surface area (Å²) >= 11 is 7.86. The van der Waals surface area contributed by atoms with E-state index in [4.69, 9.17) is 21.8 Å². The molecule has 2 aromatic carbocycles. The van der Waals surface area contributed by atoms with Gasteiger partial charge in [-0.2, -0.15) is 0 Å². The van der Waals surface area contributed by atoms with E-state index < -0.39 is 11.9 Å². The Morgan fingerprint density at radius 2 is 1.54 bits per heavy atom. The molecular weight excluding hydrogens is 486 g/mol. The number of carboxylic acids is 2. The lowest BCUT2D eigenvalue weighted by molar-refractivity contribution is -0.134. The number of carbonyl (C=O) groups is 2. The van der Waals surface area contributed by atoms with E-state index in [1.807, 2.05) is 12.1 Å². The lowest BCUT2D eigenvalue weighted by atomic mass is 9.96. The van der Waals surface area contributed by atoms with E-state index in [9.17, 15) is 9.59 Å². The molecule has 0 saturated carbocycles. The van der Waals surface area contributed by atoms with Crippen molar-refractivity contribution in [2.24, 2.45) is 0 Å². The SMILES string of the molecule is Cc1nc(CN2CCN(C(c3ccccc3)c3ccc(Cl)cc3)CC2)cs1.O=C(O)/C=C/C(=O)O. The van der Waals surface area contributed by atoms with Crippen LogP contribution in [0.25, 0.3) is 0 Å². The van der Waals surface area contributed by atoms with Gasteiger partial charge in [-0.1, -0.05) is 54.1 Å². The number of nitrogens with zero attached hydrogens (tertiary/aromatic N) is 3. The van der Waals surface area contributed by atoms with Crippen molar-refractivity contribution in [2.75, 3.05) is 26.2 Å². The number of hydrogen-bond donors (Lipinski definition) is 2. The van der Waals surface area contributed by atoms with Crippen LogP contribution in [0.2, 0.25) is 5.02 Å². The Morgan fingerprint density at radius 1 is 0.971 bits per heavy atom. The van der Waals surface area contributed by atoms with Gasteiger partial charge in [-0.3, -0.25) is 9.80 Å². The number of rotatable bonds is 7. The van der Waals surface area contributed by atoms with Crippen molar-refractivity contribution >= 4 is 34.9 Å². The Hall–Kier alpha value is -3.04. The molecule has 1 aromatic heterocycles. The number of aryl methyl sites for hydroxylation is 1. The zero-order valence-corrected chi connectivity index (χ0v) is 21.0. The minimum absolute atomic E-state index is 0.270. The second kappa shape index (κ2) is 13.2. The van der Waals surface area contributed by atoms with E-state index in [1.54, 1.807) is 11.3 Å². The lowest BCUT2D eigenvalue weighted by Crippen LogP contribution is -2.47. The van der Waals surface area contributed by atoms with Crippen molar-refractivity contribution in [3.63, 3.8) is 0 Å². The van der Waals surface area contributed by atoms with Crippen LogP contribution >= 0.6 is 22.9 Å². The molecule has 0 aliphatic carbocycles. The van der Waals surface area contributed by atoms with Crippen molar-refractivity contribution in [2.45, 2.75) is 19.5 Å². The lowest BCUT2D eigenvalue weighted by Gasteiger charge is -2.39. The summed E-state index contributed by atoms with van der Waals surface area (Å²) in [4.78, 5) is 28.8. The first-order valence-corrected chi connectivity index (χ1v) is 12.4. The fourth-order valence-electron chi connectivity index (χ4n) is 3.93. The van der Waals surface area contributed by atoms with E-state index >= 15 is 0 Å². The minimum Gasteiger partial charge on any atom is -0.478 e. The van der Waals surface area contributed by atoms with E-state index in [2.05, 4.69) is 69.6 Å². The van der Waals surface area contributed by atoms with Gasteiger partial charge in [0.15, 0.2) is 0 Å². The molecule has 35 heavy (non-hydrogen) atoms. The minimum atomic E-state index is -1.26. The van der Waals surface area contributed by atoms with Gasteiger partial charge in [0.1, 0.15) is 0 Å². The van der Waals surface area contributed by atoms with Crippen molar-refractivity contribution in [1.29, 1.82) is 0 Å². The van der Waals surface area contributed by atoms with Gasteiger partial charge in [-0.05, 0) is 30.2 Å². The van der Waals surface area contributed by atoms with Crippen LogP contribution in [0.4, 0.5) is 0 Å². The molecule has 2 N–H and O–H groups in total. The van der Waals surface area contributed by atoms with Crippen molar-refractivity contribution in [3.8, 4) is 0 Å². The fourth-order valence-corrected chi connectivity index (χ4v) is 4.66. The van der Waals surface area contributed by atoms with Crippen LogP contribution in [0, 0.1) is 6.92 Å². The number of thiazole rings is 1. The van der Waals surface area contributed by atoms with E-state index in [1.165, 1.54) is 16.8 Å². The van der Waals surface area contributed by atoms with Crippen LogP contribution in [0.15, 0.2) is 72.1 Å². The topological polar surface area (TPSA) is 94.0 Å². The molecule has 1 fully saturated rings. The van der Waals surface area contributed by atoms with Gasteiger partial charge < -0.3 is 10.2 Å². The highest BCUT2D eigenvalue weighted by molar-refractivity contribution is 7.09. The maximum absolute atomic E-state index is 9.55. The summed E-state index contributed by atoms with van der Waals surface area (Å²) in [5.74, 6) is -2.51. The predicted octanol–water partition coefficient (Wildman–Crippen LogP) is 4.72. The third-order valence-electron chi connectivity index (χ3n) is 5.49. The Balaban J connectivity index is 0.000000371. The molecule has 2 heterocycles. The smallest absolute Gasteiger partial charge is 0.328 e. The summed E-state index contributed by atoms with van der Waals surface area (Å²) in [6.07, 6.45) is 1.12. The van der Waals surface area contributed by atoms with E-state index in [0.717, 1.165) is 42.8 Å². The largest absolute Gasteiger partial charge is 0.478 e. The number of benzene rings is 2. The quantitative estimate of drug-likeness (QED) is 0.441. The number of piperazine rings is 1. The third-order valence-corrected chi connectivity index (χ3v) is 6.57. The Labute approximate surface area is 213 Å². The zero-order chi connectivity index (χ0) is 25.2. The van der Waals surface area contributed by atoms with E-state index in [0.29, 0.717) is 12.2 Å². The third kappa shape index (κ3) is 8.60. The van der Waals surface area contributed by atoms with Crippen LogP contribution < -0.4 is 0 Å². The summed E-state index contributed by atoms with van der Waals surface area (Å²) in [6, 6.07) is 19.4. The van der Waals surface area contributed by atoms with Crippen molar-refractivity contribution in [1.82, 2.24) is 14.8 Å². The van der Waals surface area contributed by atoms with Crippen molar-refractivity contribution < 1.29 is 19.8 Å². The average Bonchev–Trinajstić information content (AvgIpc) is 3.26. The van der Waals surface area contributed by atoms with Gasteiger partial charge in [0.05, 0.1) is 16.7 Å². The van der Waals surface area contributed by atoms with Crippen LogP contribution in [-0.4, -0.2) is 63.1 Å². The number of halogens is 1. The first-order chi connectivity index (χ1) is 16.8. The molecule has 0 bridgehead atoms. The molecule has 0 radical (unpaired) electrons. The molecule has 0 spiro atoms. The van der Waals surface area contributed by atoms with E-state index in [-0.39, 0.29) is 6.04 Å². The summed E-state index contributed by atoms with van der Waals surface area (Å²) in [5, 5.41) is 19.7. The highest BCUT2D eigenvalue weighted by atomic mass is 35.5. The molecule has 1 saturated heterocycles. The maximum atomic E-state index is 9.55. The molecule has 7 nitrogen and oxygen atoms in total. The number of aromatic nitrogens is 1. The van der Waals surface area contributed by atoms with Crippen molar-refractivity contribution in [3.05, 3.63) is 99.0 Å². The summed E-state index contributed by atoms with van der Waals surface area (Å²) in [7, 11) is 0. The first-order valence-electron chi connectivity index (χ1n) is 11.1. The van der Waals surface area contributed by atoms with Crippen LogP contribution in [-0.2, 0) is 16.1 Å². The van der Waals surface area contributed by atoms with Crippen LogP contribution in [0.5, 0.6) is 0 Å².